The molecule has 0 fully saturated rings. The molecule has 5 nitrogen and oxygen atoms in total. The lowest BCUT2D eigenvalue weighted by Crippen LogP contribution is -2.17. The lowest BCUT2D eigenvalue weighted by atomic mass is 10.2. The Kier molecular flexibility index (Phi) is 3.77. The number of aromatic nitrogens is 1. The first-order valence-electron chi connectivity index (χ1n) is 5.60. The van der Waals surface area contributed by atoms with Gasteiger partial charge in [-0.05, 0) is 18.6 Å². The van der Waals surface area contributed by atoms with Crippen LogP contribution in [-0.2, 0) is 10.0 Å². The van der Waals surface area contributed by atoms with E-state index < -0.39 is 32.4 Å². The van der Waals surface area contributed by atoms with Gasteiger partial charge in [-0.3, -0.25) is 4.72 Å². The van der Waals surface area contributed by atoms with Crippen molar-refractivity contribution in [1.82, 2.24) is 4.98 Å². The fourth-order valence-electron chi connectivity index (χ4n) is 1.60. The molecule has 1 aromatic carbocycles. The topological polar surface area (TPSA) is 85.1 Å². The van der Waals surface area contributed by atoms with E-state index in [9.17, 15) is 21.6 Å². The van der Waals surface area contributed by atoms with E-state index in [-0.39, 0.29) is 18.0 Å². The van der Waals surface area contributed by atoms with Crippen molar-refractivity contribution in [3.05, 3.63) is 47.4 Å². The summed E-state index contributed by atoms with van der Waals surface area (Å²) in [4.78, 5) is 2.41. The van der Waals surface area contributed by atoms with Gasteiger partial charge in [0.2, 0.25) is 0 Å². The summed E-state index contributed by atoms with van der Waals surface area (Å²) >= 11 is 0. The number of benzene rings is 1. The SMILES string of the molecule is Cc1cc(NS(=O)(=O)c2c(F)cc(F)cc2F)ncc1N. The second-order valence-electron chi connectivity index (χ2n) is 4.23. The van der Waals surface area contributed by atoms with Crippen LogP contribution in [0, 0.1) is 24.4 Å². The summed E-state index contributed by atoms with van der Waals surface area (Å²) in [5.74, 6) is -4.45. The van der Waals surface area contributed by atoms with E-state index in [4.69, 9.17) is 5.73 Å². The van der Waals surface area contributed by atoms with Gasteiger partial charge in [-0.1, -0.05) is 0 Å². The zero-order valence-corrected chi connectivity index (χ0v) is 11.5. The van der Waals surface area contributed by atoms with E-state index in [1.165, 1.54) is 12.3 Å². The Morgan fingerprint density at radius 3 is 2.24 bits per heavy atom. The maximum Gasteiger partial charge on any atom is 0.268 e. The molecule has 0 unspecified atom stereocenters. The Morgan fingerprint density at radius 1 is 1.14 bits per heavy atom. The van der Waals surface area contributed by atoms with Crippen molar-refractivity contribution in [2.24, 2.45) is 0 Å². The monoisotopic (exact) mass is 317 g/mol. The first kappa shape index (κ1) is 15.1. The number of rotatable bonds is 3. The van der Waals surface area contributed by atoms with Crippen LogP contribution in [-0.4, -0.2) is 13.4 Å². The van der Waals surface area contributed by atoms with Crippen LogP contribution in [0.1, 0.15) is 5.56 Å². The van der Waals surface area contributed by atoms with Crippen LogP contribution in [0.25, 0.3) is 0 Å². The van der Waals surface area contributed by atoms with Crippen molar-refractivity contribution in [3.8, 4) is 0 Å². The Hall–Kier alpha value is -2.29. The van der Waals surface area contributed by atoms with Crippen molar-refractivity contribution >= 4 is 21.5 Å². The van der Waals surface area contributed by atoms with Gasteiger partial charge in [0.05, 0.1) is 11.9 Å². The van der Waals surface area contributed by atoms with Gasteiger partial charge in [0.15, 0.2) is 4.90 Å². The molecule has 0 aliphatic heterocycles. The fourth-order valence-corrected chi connectivity index (χ4v) is 2.72. The van der Waals surface area contributed by atoms with E-state index in [1.54, 1.807) is 6.92 Å². The number of halogens is 3. The van der Waals surface area contributed by atoms with Crippen LogP contribution in [0.15, 0.2) is 29.3 Å². The zero-order chi connectivity index (χ0) is 15.8. The molecule has 112 valence electrons. The van der Waals surface area contributed by atoms with Crippen LogP contribution in [0.3, 0.4) is 0 Å². The number of sulfonamides is 1. The molecule has 2 aromatic rings. The van der Waals surface area contributed by atoms with Crippen molar-refractivity contribution < 1.29 is 21.6 Å². The zero-order valence-electron chi connectivity index (χ0n) is 10.7. The van der Waals surface area contributed by atoms with E-state index in [0.717, 1.165) is 0 Å². The summed E-state index contributed by atoms with van der Waals surface area (Å²) in [5.41, 5.74) is 6.39. The average molecular weight is 317 g/mol. The summed E-state index contributed by atoms with van der Waals surface area (Å²) in [5, 5.41) is 0. The second kappa shape index (κ2) is 5.24. The molecule has 2 rings (SSSR count). The number of hydrogen-bond donors (Lipinski definition) is 2. The molecule has 0 aliphatic carbocycles. The van der Waals surface area contributed by atoms with Gasteiger partial charge >= 0.3 is 0 Å². The molecular weight excluding hydrogens is 307 g/mol. The van der Waals surface area contributed by atoms with Crippen molar-refractivity contribution in [3.63, 3.8) is 0 Å². The number of anilines is 2. The largest absolute Gasteiger partial charge is 0.397 e. The molecule has 21 heavy (non-hydrogen) atoms. The Labute approximate surface area is 118 Å². The van der Waals surface area contributed by atoms with E-state index in [0.29, 0.717) is 11.3 Å². The average Bonchev–Trinajstić information content (AvgIpc) is 2.31. The molecule has 0 bridgehead atoms. The highest BCUT2D eigenvalue weighted by Crippen LogP contribution is 2.23. The molecular formula is C12H10F3N3O2S. The molecule has 1 aromatic heterocycles. The predicted molar refractivity (Wildman–Crippen MR) is 70.5 cm³/mol. The second-order valence-corrected chi connectivity index (χ2v) is 5.85. The summed E-state index contributed by atoms with van der Waals surface area (Å²) in [7, 11) is -4.59. The molecule has 3 N–H and O–H groups in total. The van der Waals surface area contributed by atoms with Crippen LogP contribution >= 0.6 is 0 Å². The van der Waals surface area contributed by atoms with Crippen LogP contribution in [0.4, 0.5) is 24.7 Å². The highest BCUT2D eigenvalue weighted by Gasteiger charge is 2.25. The molecule has 0 saturated carbocycles. The maximum atomic E-state index is 13.5. The number of nitrogens with two attached hydrogens (primary N) is 1. The molecule has 9 heteroatoms. The minimum Gasteiger partial charge on any atom is -0.397 e. The molecule has 0 radical (unpaired) electrons. The Bertz CT molecular complexity index is 786. The van der Waals surface area contributed by atoms with Gasteiger partial charge in [0.1, 0.15) is 23.3 Å². The van der Waals surface area contributed by atoms with E-state index in [2.05, 4.69) is 4.98 Å². The molecule has 0 amide bonds. The van der Waals surface area contributed by atoms with Crippen LogP contribution < -0.4 is 10.5 Å². The van der Waals surface area contributed by atoms with Gasteiger partial charge in [-0.2, -0.15) is 0 Å². The van der Waals surface area contributed by atoms with Crippen LogP contribution in [0.2, 0.25) is 0 Å². The third-order valence-electron chi connectivity index (χ3n) is 2.62. The van der Waals surface area contributed by atoms with Gasteiger partial charge < -0.3 is 5.73 Å². The standard InChI is InChI=1S/C12H10F3N3O2S/c1-6-2-11(17-5-10(6)16)18-21(19,20)12-8(14)3-7(13)4-9(12)15/h2-5H,16H2,1H3,(H,17,18). The summed E-state index contributed by atoms with van der Waals surface area (Å²) in [6, 6.07) is 1.85. The highest BCUT2D eigenvalue weighted by atomic mass is 32.2. The Balaban J connectivity index is 2.46. The van der Waals surface area contributed by atoms with Crippen molar-refractivity contribution in [1.29, 1.82) is 0 Å². The number of nitrogens with one attached hydrogen (secondary N) is 1. The first-order chi connectivity index (χ1) is 9.70. The van der Waals surface area contributed by atoms with Gasteiger partial charge in [0, 0.05) is 12.1 Å². The number of pyridine rings is 1. The maximum absolute atomic E-state index is 13.5. The molecule has 0 saturated heterocycles. The van der Waals surface area contributed by atoms with Gasteiger partial charge in [-0.15, -0.1) is 0 Å². The molecule has 0 spiro atoms. The third-order valence-corrected chi connectivity index (χ3v) is 4.03. The van der Waals surface area contributed by atoms with E-state index >= 15 is 0 Å². The smallest absolute Gasteiger partial charge is 0.268 e. The fraction of sp³-hybridized carbons (Fsp3) is 0.0833. The van der Waals surface area contributed by atoms with Crippen LogP contribution in [0.5, 0.6) is 0 Å². The molecule has 1 heterocycles. The predicted octanol–water partition coefficient (Wildman–Crippen LogP) is 2.19. The molecule has 0 aliphatic rings. The number of aryl methyl sites for hydroxylation is 1. The number of hydrogen-bond acceptors (Lipinski definition) is 4. The lowest BCUT2D eigenvalue weighted by Gasteiger charge is -2.10. The summed E-state index contributed by atoms with van der Waals surface area (Å²) < 4.78 is 65.7. The quantitative estimate of drug-likeness (QED) is 0.909. The van der Waals surface area contributed by atoms with Gasteiger partial charge in [0.25, 0.3) is 10.0 Å². The first-order valence-corrected chi connectivity index (χ1v) is 7.08. The summed E-state index contributed by atoms with van der Waals surface area (Å²) in [6.45, 7) is 1.61. The number of nitrogens with zero attached hydrogens (tertiary/aromatic N) is 1. The normalized spacial score (nSPS) is 11.4. The minimum absolute atomic E-state index is 0.162. The third kappa shape index (κ3) is 3.07. The molecule has 0 atom stereocenters. The van der Waals surface area contributed by atoms with Crippen molar-refractivity contribution in [2.75, 3.05) is 10.5 Å². The minimum atomic E-state index is -4.59. The Morgan fingerprint density at radius 2 is 1.71 bits per heavy atom. The van der Waals surface area contributed by atoms with Gasteiger partial charge in [-0.25, -0.2) is 26.6 Å². The number of nitrogen functional groups attached to an aromatic ring is 1. The summed E-state index contributed by atoms with van der Waals surface area (Å²) in [6.07, 6.45) is 1.20. The van der Waals surface area contributed by atoms with E-state index in [1.807, 2.05) is 4.72 Å². The lowest BCUT2D eigenvalue weighted by molar-refractivity contribution is 0.498. The highest BCUT2D eigenvalue weighted by molar-refractivity contribution is 7.92. The van der Waals surface area contributed by atoms with Crippen molar-refractivity contribution in [2.45, 2.75) is 11.8 Å².